The molecule has 2 atom stereocenters. The van der Waals surface area contributed by atoms with Gasteiger partial charge in [0.25, 0.3) is 5.91 Å². The molecule has 0 aromatic heterocycles. The highest BCUT2D eigenvalue weighted by atomic mass is 127. The van der Waals surface area contributed by atoms with Gasteiger partial charge in [0.1, 0.15) is 6.04 Å². The third-order valence-corrected chi connectivity index (χ3v) is 6.72. The molecule has 1 aromatic carbocycles. The number of carboxylic acids is 1. The van der Waals surface area contributed by atoms with Crippen molar-refractivity contribution < 1.29 is 19.8 Å². The molecule has 1 heterocycles. The second-order valence-electron chi connectivity index (χ2n) is 4.45. The molecule has 1 aromatic rings. The minimum Gasteiger partial charge on any atom is -0.480 e. The average molecular weight is 613 g/mol. The van der Waals surface area contributed by atoms with Gasteiger partial charge in [0.2, 0.25) is 0 Å². The first-order valence-electron chi connectivity index (χ1n) is 5.67. The first kappa shape index (κ1) is 16.7. The maximum atomic E-state index is 12.6. The van der Waals surface area contributed by atoms with Crippen molar-refractivity contribution in [3.8, 4) is 0 Å². The van der Waals surface area contributed by atoms with Crippen LogP contribution in [0.5, 0.6) is 0 Å². The lowest BCUT2D eigenvalue weighted by atomic mass is 10.1. The summed E-state index contributed by atoms with van der Waals surface area (Å²) >= 11 is 6.35. The number of nitrogens with zero attached hydrogens (tertiary/aromatic N) is 1. The fourth-order valence-electron chi connectivity index (χ4n) is 2.14. The minimum atomic E-state index is -1.08. The summed E-state index contributed by atoms with van der Waals surface area (Å²) < 4.78 is 2.67. The van der Waals surface area contributed by atoms with E-state index in [0.29, 0.717) is 5.56 Å². The van der Waals surface area contributed by atoms with Gasteiger partial charge in [-0.2, -0.15) is 0 Å². The van der Waals surface area contributed by atoms with Crippen molar-refractivity contribution in [3.63, 3.8) is 0 Å². The molecule has 5 nitrogen and oxygen atoms in total. The predicted octanol–water partition coefficient (Wildman–Crippen LogP) is 2.16. The number of benzene rings is 1. The Kier molecular flexibility index (Phi) is 5.51. The van der Waals surface area contributed by atoms with Crippen LogP contribution in [0, 0.1) is 10.7 Å². The molecule has 0 radical (unpaired) electrons. The van der Waals surface area contributed by atoms with Crippen LogP contribution in [0.3, 0.4) is 0 Å². The standard InChI is InChI=1S/C12H10I3NO4/c13-5-1-7(10(15)8(14)2-5)11(18)16-4-6(17)3-9(16)12(19)20/h1-2,6,9,17H,3-4H2,(H,19,20)/t6-,9-/m1/s1. The highest BCUT2D eigenvalue weighted by molar-refractivity contribution is 14.1. The number of hydrogen-bond acceptors (Lipinski definition) is 3. The van der Waals surface area contributed by atoms with Crippen LogP contribution < -0.4 is 0 Å². The summed E-state index contributed by atoms with van der Waals surface area (Å²) in [5.74, 6) is -1.42. The van der Waals surface area contributed by atoms with Crippen LogP contribution in [0.2, 0.25) is 0 Å². The van der Waals surface area contributed by atoms with E-state index in [1.54, 1.807) is 6.07 Å². The van der Waals surface area contributed by atoms with E-state index < -0.39 is 18.1 Å². The number of β-amino-alcohol motifs (C(OH)–C–C–N with tert-alkyl or cyclic N) is 1. The van der Waals surface area contributed by atoms with Gasteiger partial charge in [-0.25, -0.2) is 4.79 Å². The molecule has 2 rings (SSSR count). The van der Waals surface area contributed by atoms with E-state index in [1.807, 2.05) is 6.07 Å². The van der Waals surface area contributed by atoms with Crippen LogP contribution in [-0.2, 0) is 4.79 Å². The third kappa shape index (κ3) is 3.38. The lowest BCUT2D eigenvalue weighted by Gasteiger charge is -2.22. The topological polar surface area (TPSA) is 77.8 Å². The number of carbonyl (C=O) groups is 2. The van der Waals surface area contributed by atoms with Crippen molar-refractivity contribution in [2.75, 3.05) is 6.54 Å². The van der Waals surface area contributed by atoms with E-state index in [-0.39, 0.29) is 18.9 Å². The molecule has 0 bridgehead atoms. The molecular weight excluding hydrogens is 603 g/mol. The molecule has 20 heavy (non-hydrogen) atoms. The van der Waals surface area contributed by atoms with Crippen molar-refractivity contribution >= 4 is 79.6 Å². The van der Waals surface area contributed by atoms with Crippen LogP contribution >= 0.6 is 67.8 Å². The highest BCUT2D eigenvalue weighted by Crippen LogP contribution is 2.27. The molecule has 2 N–H and O–H groups in total. The van der Waals surface area contributed by atoms with Crippen LogP contribution in [0.1, 0.15) is 16.8 Å². The minimum absolute atomic E-state index is 0.0634. The predicted molar refractivity (Wildman–Crippen MR) is 97.7 cm³/mol. The largest absolute Gasteiger partial charge is 0.480 e. The van der Waals surface area contributed by atoms with Gasteiger partial charge >= 0.3 is 5.97 Å². The maximum absolute atomic E-state index is 12.6. The normalized spacial score (nSPS) is 22.1. The molecule has 1 amide bonds. The number of aliphatic carboxylic acids is 1. The summed E-state index contributed by atoms with van der Waals surface area (Å²) in [5.41, 5.74) is 0.488. The van der Waals surface area contributed by atoms with Gasteiger partial charge < -0.3 is 15.1 Å². The fraction of sp³-hybridized carbons (Fsp3) is 0.333. The van der Waals surface area contributed by atoms with Crippen LogP contribution in [0.15, 0.2) is 12.1 Å². The summed E-state index contributed by atoms with van der Waals surface area (Å²) in [6, 6.07) is 2.74. The summed E-state index contributed by atoms with van der Waals surface area (Å²) in [6.07, 6.45) is -0.696. The number of aliphatic hydroxyl groups excluding tert-OH is 1. The first-order valence-corrected chi connectivity index (χ1v) is 8.91. The second-order valence-corrected chi connectivity index (χ2v) is 7.94. The molecule has 0 spiro atoms. The lowest BCUT2D eigenvalue weighted by Crippen LogP contribution is -2.41. The van der Waals surface area contributed by atoms with Crippen molar-refractivity contribution in [1.29, 1.82) is 0 Å². The molecule has 108 valence electrons. The van der Waals surface area contributed by atoms with E-state index in [0.717, 1.165) is 10.7 Å². The average Bonchev–Trinajstić information content (AvgIpc) is 2.75. The smallest absolute Gasteiger partial charge is 0.326 e. The molecular formula is C12H10I3NO4. The first-order chi connectivity index (χ1) is 9.31. The second kappa shape index (κ2) is 6.60. The van der Waals surface area contributed by atoms with Gasteiger partial charge in [-0.05, 0) is 79.9 Å². The van der Waals surface area contributed by atoms with E-state index >= 15 is 0 Å². The summed E-state index contributed by atoms with van der Waals surface area (Å²) in [7, 11) is 0. The Bertz CT molecular complexity index is 578. The monoisotopic (exact) mass is 613 g/mol. The van der Waals surface area contributed by atoms with E-state index in [9.17, 15) is 14.7 Å². The van der Waals surface area contributed by atoms with Crippen LogP contribution in [-0.4, -0.2) is 45.7 Å². The Balaban J connectivity index is 2.38. The Morgan fingerprint density at radius 2 is 1.90 bits per heavy atom. The van der Waals surface area contributed by atoms with E-state index in [1.165, 1.54) is 4.90 Å². The number of carbonyl (C=O) groups excluding carboxylic acids is 1. The number of hydrogen-bond donors (Lipinski definition) is 2. The number of likely N-dealkylation sites (tertiary alicyclic amines) is 1. The molecule has 1 aliphatic rings. The number of aliphatic hydroxyl groups is 1. The molecule has 1 saturated heterocycles. The molecule has 1 aliphatic heterocycles. The molecule has 0 saturated carbocycles. The van der Waals surface area contributed by atoms with Gasteiger partial charge in [0.15, 0.2) is 0 Å². The number of carboxylic acid groups (broad SMARTS) is 1. The van der Waals surface area contributed by atoms with Crippen LogP contribution in [0.25, 0.3) is 0 Å². The van der Waals surface area contributed by atoms with Gasteiger partial charge in [0.05, 0.1) is 11.7 Å². The number of rotatable bonds is 2. The van der Waals surface area contributed by atoms with Crippen molar-refractivity contribution in [3.05, 3.63) is 28.4 Å². The molecule has 0 aliphatic carbocycles. The van der Waals surface area contributed by atoms with Gasteiger partial charge in [-0.1, -0.05) is 0 Å². The zero-order chi connectivity index (χ0) is 15.0. The zero-order valence-electron chi connectivity index (χ0n) is 10.0. The third-order valence-electron chi connectivity index (χ3n) is 3.05. The molecule has 1 fully saturated rings. The van der Waals surface area contributed by atoms with Crippen LogP contribution in [0.4, 0.5) is 0 Å². The van der Waals surface area contributed by atoms with E-state index in [2.05, 4.69) is 67.8 Å². The Hall–Kier alpha value is 0.310. The quantitative estimate of drug-likeness (QED) is 0.397. The fourth-order valence-corrected chi connectivity index (χ4v) is 4.53. The van der Waals surface area contributed by atoms with Gasteiger partial charge in [0, 0.05) is 23.7 Å². The number of halogens is 3. The molecule has 8 heteroatoms. The molecule has 0 unspecified atom stereocenters. The SMILES string of the molecule is O=C(O)[C@H]1C[C@@H](O)CN1C(=O)c1cc(I)cc(I)c1I. The van der Waals surface area contributed by atoms with Gasteiger partial charge in [-0.15, -0.1) is 0 Å². The van der Waals surface area contributed by atoms with Gasteiger partial charge in [-0.3, -0.25) is 4.79 Å². The Morgan fingerprint density at radius 3 is 2.50 bits per heavy atom. The van der Waals surface area contributed by atoms with Crippen molar-refractivity contribution in [2.45, 2.75) is 18.6 Å². The summed E-state index contributed by atoms with van der Waals surface area (Å²) in [6.45, 7) is 0.0634. The summed E-state index contributed by atoms with van der Waals surface area (Å²) in [5, 5.41) is 18.8. The Labute approximate surface area is 156 Å². The zero-order valence-corrected chi connectivity index (χ0v) is 16.5. The lowest BCUT2D eigenvalue weighted by molar-refractivity contribution is -0.141. The van der Waals surface area contributed by atoms with E-state index in [4.69, 9.17) is 5.11 Å². The van der Waals surface area contributed by atoms with Crippen molar-refractivity contribution in [2.24, 2.45) is 0 Å². The maximum Gasteiger partial charge on any atom is 0.326 e. The number of amides is 1. The Morgan fingerprint density at radius 1 is 1.25 bits per heavy atom. The summed E-state index contributed by atoms with van der Waals surface area (Å²) in [4.78, 5) is 25.0. The highest BCUT2D eigenvalue weighted by Gasteiger charge is 2.39. The van der Waals surface area contributed by atoms with Crippen molar-refractivity contribution in [1.82, 2.24) is 4.90 Å².